The molecule has 8 heteroatoms. The zero-order chi connectivity index (χ0) is 18.3. The molecular weight excluding hydrogens is 352 g/mol. The highest BCUT2D eigenvalue weighted by atomic mass is 32.1. The molecule has 0 saturated heterocycles. The Morgan fingerprint density at radius 3 is 3.04 bits per heavy atom. The number of rotatable bonds is 3. The average molecular weight is 370 g/mol. The van der Waals surface area contributed by atoms with Crippen LogP contribution in [0.3, 0.4) is 0 Å². The van der Waals surface area contributed by atoms with Gasteiger partial charge in [0.15, 0.2) is 17.6 Å². The van der Waals surface area contributed by atoms with E-state index in [0.29, 0.717) is 22.0 Å². The summed E-state index contributed by atoms with van der Waals surface area (Å²) in [4.78, 5) is 41.8. The first-order chi connectivity index (χ1) is 12.5. The number of carbonyl (C=O) groups excluding carboxylic acids is 1. The third kappa shape index (κ3) is 3.01. The molecule has 0 amide bonds. The molecule has 2 atom stereocenters. The van der Waals surface area contributed by atoms with Gasteiger partial charge < -0.3 is 9.72 Å². The van der Waals surface area contributed by atoms with Crippen LogP contribution in [0.4, 0.5) is 0 Å². The Hall–Kier alpha value is -2.61. The lowest BCUT2D eigenvalue weighted by Gasteiger charge is -2.17. The van der Waals surface area contributed by atoms with Gasteiger partial charge in [0.2, 0.25) is 0 Å². The van der Waals surface area contributed by atoms with Crippen molar-refractivity contribution in [3.8, 4) is 0 Å². The number of esters is 1. The van der Waals surface area contributed by atoms with Crippen molar-refractivity contribution in [3.63, 3.8) is 0 Å². The number of fused-ring (bicyclic) bond motifs is 3. The number of hydrogen-bond donors (Lipinski definition) is 1. The highest BCUT2D eigenvalue weighted by Gasteiger charge is 2.24. The molecule has 0 unspecified atom stereocenters. The average Bonchev–Trinajstić information content (AvgIpc) is 3.00. The molecule has 1 N–H and O–H groups in total. The number of ether oxygens (including phenoxy) is 1. The second-order valence-electron chi connectivity index (χ2n) is 6.62. The number of H-pyrrole nitrogens is 1. The molecule has 0 saturated carbocycles. The third-order valence-electron chi connectivity index (χ3n) is 4.62. The van der Waals surface area contributed by atoms with Gasteiger partial charge in [0, 0.05) is 17.3 Å². The van der Waals surface area contributed by atoms with E-state index in [0.717, 1.165) is 24.8 Å². The summed E-state index contributed by atoms with van der Waals surface area (Å²) in [5, 5.41) is 0.688. The standard InChI is InChI=1S/C18H18N4O3S/c1-9-3-4-11-13(7-9)26-17-14(11)16(23)21-15(22-17)10(2)25-18(24)12-8-19-5-6-20-12/h5-6,8-10H,3-4,7H2,1-2H3,(H,21,22,23)/t9-,10+/m0/s1. The summed E-state index contributed by atoms with van der Waals surface area (Å²) in [5.41, 5.74) is 1.08. The van der Waals surface area contributed by atoms with E-state index in [1.165, 1.54) is 23.5 Å². The Morgan fingerprint density at radius 2 is 2.27 bits per heavy atom. The molecule has 4 rings (SSSR count). The van der Waals surface area contributed by atoms with Crippen molar-refractivity contribution in [2.24, 2.45) is 5.92 Å². The van der Waals surface area contributed by atoms with E-state index in [1.807, 2.05) is 0 Å². The van der Waals surface area contributed by atoms with Crippen molar-refractivity contribution >= 4 is 27.5 Å². The number of aromatic amines is 1. The lowest BCUT2D eigenvalue weighted by molar-refractivity contribution is 0.0312. The molecule has 1 aliphatic carbocycles. The van der Waals surface area contributed by atoms with Crippen LogP contribution in [0.2, 0.25) is 0 Å². The van der Waals surface area contributed by atoms with Crippen molar-refractivity contribution in [3.05, 3.63) is 50.9 Å². The van der Waals surface area contributed by atoms with Gasteiger partial charge in [-0.1, -0.05) is 6.92 Å². The van der Waals surface area contributed by atoms with E-state index in [4.69, 9.17) is 4.74 Å². The number of carbonyl (C=O) groups is 1. The van der Waals surface area contributed by atoms with Gasteiger partial charge in [0.25, 0.3) is 5.56 Å². The highest BCUT2D eigenvalue weighted by molar-refractivity contribution is 7.18. The molecule has 3 heterocycles. The van der Waals surface area contributed by atoms with Gasteiger partial charge in [-0.2, -0.15) is 0 Å². The molecule has 0 spiro atoms. The molecule has 0 aliphatic heterocycles. The second-order valence-corrected chi connectivity index (χ2v) is 7.70. The SMILES string of the molecule is C[C@H]1CCc2c(sc3nc([C@@H](C)OC(=O)c4cnccn4)[nH]c(=O)c23)C1. The van der Waals surface area contributed by atoms with Crippen LogP contribution in [0, 0.1) is 5.92 Å². The summed E-state index contributed by atoms with van der Waals surface area (Å²) in [6, 6.07) is 0. The van der Waals surface area contributed by atoms with Crippen LogP contribution in [0.15, 0.2) is 23.4 Å². The van der Waals surface area contributed by atoms with E-state index in [-0.39, 0.29) is 11.3 Å². The molecule has 134 valence electrons. The number of hydrogen-bond acceptors (Lipinski definition) is 7. The summed E-state index contributed by atoms with van der Waals surface area (Å²) >= 11 is 1.57. The molecule has 0 bridgehead atoms. The maximum atomic E-state index is 12.6. The fourth-order valence-corrected chi connectivity index (χ4v) is 4.63. The van der Waals surface area contributed by atoms with Crippen molar-refractivity contribution in [2.45, 2.75) is 39.2 Å². The van der Waals surface area contributed by atoms with Crippen LogP contribution in [-0.4, -0.2) is 25.9 Å². The number of nitrogens with one attached hydrogen (secondary N) is 1. The zero-order valence-electron chi connectivity index (χ0n) is 14.5. The highest BCUT2D eigenvalue weighted by Crippen LogP contribution is 2.35. The maximum Gasteiger partial charge on any atom is 0.359 e. The predicted octanol–water partition coefficient (Wildman–Crippen LogP) is 2.82. The lowest BCUT2D eigenvalue weighted by atomic mass is 9.89. The molecule has 0 aromatic carbocycles. The summed E-state index contributed by atoms with van der Waals surface area (Å²) < 4.78 is 5.38. The second kappa shape index (κ2) is 6.60. The quantitative estimate of drug-likeness (QED) is 0.712. The monoisotopic (exact) mass is 370 g/mol. The molecule has 0 radical (unpaired) electrons. The Kier molecular flexibility index (Phi) is 4.28. The fourth-order valence-electron chi connectivity index (χ4n) is 3.24. The van der Waals surface area contributed by atoms with E-state index in [1.54, 1.807) is 18.3 Å². The Bertz CT molecular complexity index is 1030. The zero-order valence-corrected chi connectivity index (χ0v) is 15.3. The first-order valence-corrected chi connectivity index (χ1v) is 9.36. The van der Waals surface area contributed by atoms with Crippen LogP contribution in [0.25, 0.3) is 10.2 Å². The van der Waals surface area contributed by atoms with Crippen LogP contribution in [0.1, 0.15) is 53.1 Å². The maximum absolute atomic E-state index is 12.6. The summed E-state index contributed by atoms with van der Waals surface area (Å²) in [6.45, 7) is 3.90. The summed E-state index contributed by atoms with van der Waals surface area (Å²) in [6.07, 6.45) is 6.53. The fraction of sp³-hybridized carbons (Fsp3) is 0.389. The lowest BCUT2D eigenvalue weighted by Crippen LogP contribution is -2.18. The molecule has 0 fully saturated rings. The van der Waals surface area contributed by atoms with Gasteiger partial charge in [-0.05, 0) is 37.7 Å². The summed E-state index contributed by atoms with van der Waals surface area (Å²) in [7, 11) is 0. The van der Waals surface area contributed by atoms with Gasteiger partial charge in [-0.15, -0.1) is 11.3 Å². The van der Waals surface area contributed by atoms with Crippen LogP contribution in [-0.2, 0) is 17.6 Å². The minimum Gasteiger partial charge on any atom is -0.450 e. The number of thiophene rings is 1. The smallest absolute Gasteiger partial charge is 0.359 e. The molecule has 26 heavy (non-hydrogen) atoms. The minimum atomic E-state index is -0.695. The molecular formula is C18H18N4O3S. The normalized spacial score (nSPS) is 17.7. The first kappa shape index (κ1) is 16.8. The Labute approximate surface area is 153 Å². The van der Waals surface area contributed by atoms with E-state index < -0.39 is 12.1 Å². The number of aromatic nitrogens is 4. The third-order valence-corrected chi connectivity index (χ3v) is 5.77. The van der Waals surface area contributed by atoms with Crippen molar-refractivity contribution < 1.29 is 9.53 Å². The minimum absolute atomic E-state index is 0.114. The topological polar surface area (TPSA) is 97.8 Å². The molecule has 1 aliphatic rings. The van der Waals surface area contributed by atoms with Crippen molar-refractivity contribution in [2.75, 3.05) is 0 Å². The van der Waals surface area contributed by atoms with Gasteiger partial charge in [-0.25, -0.2) is 14.8 Å². The first-order valence-electron chi connectivity index (χ1n) is 8.54. The Balaban J connectivity index is 1.65. The van der Waals surface area contributed by atoms with Gasteiger partial charge in [0.1, 0.15) is 4.83 Å². The van der Waals surface area contributed by atoms with Crippen molar-refractivity contribution in [1.29, 1.82) is 0 Å². The largest absolute Gasteiger partial charge is 0.450 e. The van der Waals surface area contributed by atoms with Gasteiger partial charge >= 0.3 is 5.97 Å². The molecule has 3 aromatic heterocycles. The van der Waals surface area contributed by atoms with Crippen LogP contribution < -0.4 is 5.56 Å². The Morgan fingerprint density at radius 1 is 1.42 bits per heavy atom. The van der Waals surface area contributed by atoms with Gasteiger partial charge in [0.05, 0.1) is 11.6 Å². The molecule has 3 aromatic rings. The number of nitrogens with zero attached hydrogens (tertiary/aromatic N) is 3. The van der Waals surface area contributed by atoms with Gasteiger partial charge in [-0.3, -0.25) is 9.78 Å². The summed E-state index contributed by atoms with van der Waals surface area (Å²) in [5.74, 6) is 0.361. The van der Waals surface area contributed by atoms with E-state index >= 15 is 0 Å². The van der Waals surface area contributed by atoms with E-state index in [2.05, 4.69) is 26.9 Å². The van der Waals surface area contributed by atoms with Crippen LogP contribution in [0.5, 0.6) is 0 Å². The number of aryl methyl sites for hydroxylation is 1. The molecule has 7 nitrogen and oxygen atoms in total. The predicted molar refractivity (Wildman–Crippen MR) is 97.3 cm³/mol. The van der Waals surface area contributed by atoms with E-state index in [9.17, 15) is 9.59 Å². The van der Waals surface area contributed by atoms with Crippen molar-refractivity contribution in [1.82, 2.24) is 19.9 Å². The van der Waals surface area contributed by atoms with Crippen LogP contribution >= 0.6 is 11.3 Å².